The largest absolute Gasteiger partial charge is 0.369 e. The van der Waals surface area contributed by atoms with E-state index in [4.69, 9.17) is 5.73 Å². The van der Waals surface area contributed by atoms with E-state index in [-0.39, 0.29) is 29.8 Å². The van der Waals surface area contributed by atoms with Crippen molar-refractivity contribution < 1.29 is 4.79 Å². The summed E-state index contributed by atoms with van der Waals surface area (Å²) in [6.45, 7) is 0.0263. The van der Waals surface area contributed by atoms with Gasteiger partial charge in [0.05, 0.1) is 12.2 Å². The molecule has 0 fully saturated rings. The van der Waals surface area contributed by atoms with E-state index >= 15 is 0 Å². The molecule has 0 saturated heterocycles. The van der Waals surface area contributed by atoms with Crippen LogP contribution in [-0.2, 0) is 11.2 Å². The van der Waals surface area contributed by atoms with Crippen molar-refractivity contribution >= 4 is 28.9 Å². The molecule has 8 nitrogen and oxygen atoms in total. The lowest BCUT2D eigenvalue weighted by atomic mass is 10.1. The van der Waals surface area contributed by atoms with Gasteiger partial charge in [-0.05, 0) is 30.5 Å². The Labute approximate surface area is 167 Å². The van der Waals surface area contributed by atoms with E-state index in [1.165, 1.54) is 5.56 Å². The summed E-state index contributed by atoms with van der Waals surface area (Å²) in [5.41, 5.74) is 6.85. The molecule has 0 spiro atoms. The van der Waals surface area contributed by atoms with Crippen LogP contribution in [0.4, 0.5) is 23.1 Å². The Balaban J connectivity index is 1.61. The first kappa shape index (κ1) is 19.9. The number of H-pyrrole nitrogens is 1. The van der Waals surface area contributed by atoms with Crippen LogP contribution in [0, 0.1) is 0 Å². The van der Waals surface area contributed by atoms with Gasteiger partial charge in [0.25, 0.3) is 5.56 Å². The SMILES string of the molecule is Nc1nc(NCC(=O)CCCc2ccccc2)c(N=Nc2ccccc2)c(=O)[nH]1. The predicted octanol–water partition coefficient (Wildman–Crippen LogP) is 3.77. The maximum Gasteiger partial charge on any atom is 0.282 e. The van der Waals surface area contributed by atoms with Crippen LogP contribution in [0.25, 0.3) is 0 Å². The van der Waals surface area contributed by atoms with Crippen LogP contribution in [0.5, 0.6) is 0 Å². The molecule has 0 aliphatic heterocycles. The molecule has 2 aromatic carbocycles. The third-order valence-electron chi connectivity index (χ3n) is 4.15. The van der Waals surface area contributed by atoms with Gasteiger partial charge in [0.15, 0.2) is 17.3 Å². The smallest absolute Gasteiger partial charge is 0.282 e. The molecular formula is C21H22N6O2. The summed E-state index contributed by atoms with van der Waals surface area (Å²) in [4.78, 5) is 30.8. The summed E-state index contributed by atoms with van der Waals surface area (Å²) in [5, 5.41) is 10.9. The number of nitrogens with two attached hydrogens (primary N) is 1. The van der Waals surface area contributed by atoms with Crippen molar-refractivity contribution in [3.05, 3.63) is 76.6 Å². The van der Waals surface area contributed by atoms with Crippen LogP contribution >= 0.6 is 0 Å². The van der Waals surface area contributed by atoms with Gasteiger partial charge in [0.2, 0.25) is 5.95 Å². The van der Waals surface area contributed by atoms with Crippen LogP contribution < -0.4 is 16.6 Å². The molecular weight excluding hydrogens is 368 g/mol. The number of ketones is 1. The second kappa shape index (κ2) is 9.93. The number of aromatic nitrogens is 2. The summed E-state index contributed by atoms with van der Waals surface area (Å²) in [6.07, 6.45) is 2.00. The van der Waals surface area contributed by atoms with Crippen molar-refractivity contribution in [2.75, 3.05) is 17.6 Å². The van der Waals surface area contributed by atoms with Crippen molar-refractivity contribution in [3.63, 3.8) is 0 Å². The summed E-state index contributed by atoms with van der Waals surface area (Å²) in [6, 6.07) is 19.0. The molecule has 0 aliphatic carbocycles. The lowest BCUT2D eigenvalue weighted by Gasteiger charge is -2.08. The Kier molecular flexibility index (Phi) is 6.83. The zero-order valence-electron chi connectivity index (χ0n) is 15.8. The predicted molar refractivity (Wildman–Crippen MR) is 113 cm³/mol. The topological polar surface area (TPSA) is 126 Å². The fraction of sp³-hybridized carbons (Fsp3) is 0.190. The zero-order valence-corrected chi connectivity index (χ0v) is 15.8. The van der Waals surface area contributed by atoms with E-state index in [2.05, 4.69) is 25.5 Å². The minimum atomic E-state index is -0.531. The molecule has 0 radical (unpaired) electrons. The highest BCUT2D eigenvalue weighted by molar-refractivity contribution is 5.83. The van der Waals surface area contributed by atoms with E-state index in [0.717, 1.165) is 12.8 Å². The van der Waals surface area contributed by atoms with E-state index in [9.17, 15) is 9.59 Å². The van der Waals surface area contributed by atoms with Crippen LogP contribution in [0.15, 0.2) is 75.7 Å². The molecule has 3 rings (SSSR count). The Hall–Kier alpha value is -3.81. The zero-order chi connectivity index (χ0) is 20.5. The number of hydrogen-bond donors (Lipinski definition) is 3. The van der Waals surface area contributed by atoms with Crippen molar-refractivity contribution in [3.8, 4) is 0 Å². The van der Waals surface area contributed by atoms with Gasteiger partial charge in [-0.1, -0.05) is 48.5 Å². The highest BCUT2D eigenvalue weighted by Crippen LogP contribution is 2.21. The number of nitrogens with zero attached hydrogens (tertiary/aromatic N) is 3. The molecule has 3 aromatic rings. The van der Waals surface area contributed by atoms with E-state index in [1.54, 1.807) is 12.1 Å². The Morgan fingerprint density at radius 2 is 1.72 bits per heavy atom. The van der Waals surface area contributed by atoms with Crippen LogP contribution in [-0.4, -0.2) is 22.3 Å². The Morgan fingerprint density at radius 1 is 1.03 bits per heavy atom. The number of benzene rings is 2. The number of aromatic amines is 1. The average molecular weight is 390 g/mol. The highest BCUT2D eigenvalue weighted by Gasteiger charge is 2.12. The van der Waals surface area contributed by atoms with E-state index in [1.807, 2.05) is 48.5 Å². The molecule has 1 heterocycles. The molecule has 0 aliphatic rings. The first-order chi connectivity index (χ1) is 14.1. The standard InChI is InChI=1S/C21H22N6O2/c22-21-24-19(18(20(29)25-21)27-26-16-11-5-2-6-12-16)23-14-17(28)13-7-10-15-8-3-1-4-9-15/h1-6,8-9,11-12H,7,10,13-14H2,(H4,22,23,24,25,29). The van der Waals surface area contributed by atoms with Gasteiger partial charge in [-0.3, -0.25) is 14.6 Å². The third kappa shape index (κ3) is 6.10. The maximum atomic E-state index is 12.2. The van der Waals surface area contributed by atoms with Crippen molar-refractivity contribution in [2.45, 2.75) is 19.3 Å². The highest BCUT2D eigenvalue weighted by atomic mass is 16.1. The second-order valence-corrected chi connectivity index (χ2v) is 6.42. The van der Waals surface area contributed by atoms with Crippen LogP contribution in [0.1, 0.15) is 18.4 Å². The molecule has 0 unspecified atom stereocenters. The molecule has 4 N–H and O–H groups in total. The first-order valence-corrected chi connectivity index (χ1v) is 9.28. The normalized spacial score (nSPS) is 10.9. The second-order valence-electron chi connectivity index (χ2n) is 6.42. The number of anilines is 2. The maximum absolute atomic E-state index is 12.2. The molecule has 29 heavy (non-hydrogen) atoms. The van der Waals surface area contributed by atoms with E-state index < -0.39 is 5.56 Å². The fourth-order valence-corrected chi connectivity index (χ4v) is 2.71. The van der Waals surface area contributed by atoms with Gasteiger partial charge in [0.1, 0.15) is 0 Å². The quantitative estimate of drug-likeness (QED) is 0.480. The lowest BCUT2D eigenvalue weighted by molar-refractivity contribution is -0.117. The number of hydrogen-bond acceptors (Lipinski definition) is 7. The molecule has 0 bridgehead atoms. The van der Waals surface area contributed by atoms with Gasteiger partial charge < -0.3 is 11.1 Å². The van der Waals surface area contributed by atoms with Crippen LogP contribution in [0.2, 0.25) is 0 Å². The lowest BCUT2D eigenvalue weighted by Crippen LogP contribution is -2.19. The summed E-state index contributed by atoms with van der Waals surface area (Å²) >= 11 is 0. The van der Waals surface area contributed by atoms with Gasteiger partial charge in [0, 0.05) is 6.42 Å². The number of Topliss-reactive ketones (excluding diaryl/α,β-unsaturated/α-hetero) is 1. The number of carbonyl (C=O) groups is 1. The third-order valence-corrected chi connectivity index (χ3v) is 4.15. The van der Waals surface area contributed by atoms with Gasteiger partial charge in [-0.25, -0.2) is 0 Å². The average Bonchev–Trinajstić information content (AvgIpc) is 2.73. The number of rotatable bonds is 9. The molecule has 0 atom stereocenters. The molecule has 148 valence electrons. The summed E-state index contributed by atoms with van der Waals surface area (Å²) in [5.74, 6) is 0.0718. The monoisotopic (exact) mass is 390 g/mol. The number of nitrogen functional groups attached to an aromatic ring is 1. The summed E-state index contributed by atoms with van der Waals surface area (Å²) in [7, 11) is 0. The van der Waals surface area contributed by atoms with Gasteiger partial charge >= 0.3 is 0 Å². The first-order valence-electron chi connectivity index (χ1n) is 9.28. The summed E-state index contributed by atoms with van der Waals surface area (Å²) < 4.78 is 0. The Bertz CT molecular complexity index is 1030. The number of nitrogens with one attached hydrogen (secondary N) is 2. The number of aryl methyl sites for hydroxylation is 1. The number of azo groups is 1. The molecule has 0 amide bonds. The van der Waals surface area contributed by atoms with Crippen molar-refractivity contribution in [2.24, 2.45) is 10.2 Å². The molecule has 0 saturated carbocycles. The van der Waals surface area contributed by atoms with Crippen molar-refractivity contribution in [1.82, 2.24) is 9.97 Å². The van der Waals surface area contributed by atoms with E-state index in [0.29, 0.717) is 12.1 Å². The van der Waals surface area contributed by atoms with Gasteiger partial charge in [-0.15, -0.1) is 5.11 Å². The Morgan fingerprint density at radius 3 is 2.45 bits per heavy atom. The van der Waals surface area contributed by atoms with Crippen LogP contribution in [0.3, 0.4) is 0 Å². The molecule has 8 heteroatoms. The minimum absolute atomic E-state index is 0.00697. The molecule has 1 aromatic heterocycles. The fourth-order valence-electron chi connectivity index (χ4n) is 2.71. The number of carbonyl (C=O) groups excluding carboxylic acids is 1. The minimum Gasteiger partial charge on any atom is -0.369 e. The van der Waals surface area contributed by atoms with Crippen molar-refractivity contribution in [1.29, 1.82) is 0 Å². The van der Waals surface area contributed by atoms with Gasteiger partial charge in [-0.2, -0.15) is 10.1 Å².